The average Bonchev–Trinajstić information content (AvgIpc) is 3.17. The summed E-state index contributed by atoms with van der Waals surface area (Å²) in [7, 11) is 0. The van der Waals surface area contributed by atoms with Crippen LogP contribution in [0.3, 0.4) is 0 Å². The van der Waals surface area contributed by atoms with Gasteiger partial charge in [-0.25, -0.2) is 4.98 Å². The third-order valence-corrected chi connectivity index (χ3v) is 5.69. The first-order chi connectivity index (χ1) is 14.5. The number of hydrogen-bond acceptors (Lipinski definition) is 5. The highest BCUT2D eigenvalue weighted by atomic mass is 16.5. The predicted molar refractivity (Wildman–Crippen MR) is 114 cm³/mol. The summed E-state index contributed by atoms with van der Waals surface area (Å²) in [5, 5.41) is 3.01. The molecule has 2 aliphatic rings. The highest BCUT2D eigenvalue weighted by Crippen LogP contribution is 2.26. The fraction of sp³-hybridized carbons (Fsp3) is 0.435. The number of pyridine rings is 1. The number of carbonyl (C=O) groups is 2. The van der Waals surface area contributed by atoms with Crippen molar-refractivity contribution in [3.63, 3.8) is 0 Å². The molecule has 30 heavy (non-hydrogen) atoms. The number of carbonyl (C=O) groups excluding carboxylic acids is 2. The zero-order valence-corrected chi connectivity index (χ0v) is 17.5. The minimum atomic E-state index is -0.166. The summed E-state index contributed by atoms with van der Waals surface area (Å²) in [5.41, 5.74) is 1.22. The second-order valence-electron chi connectivity index (χ2n) is 8.18. The highest BCUT2D eigenvalue weighted by molar-refractivity contribution is 5.95. The fourth-order valence-corrected chi connectivity index (χ4v) is 4.17. The molecule has 158 valence electrons. The Morgan fingerprint density at radius 3 is 2.63 bits per heavy atom. The number of fused-ring (bicyclic) bond motifs is 2. The Morgan fingerprint density at radius 1 is 1.13 bits per heavy atom. The van der Waals surface area contributed by atoms with Gasteiger partial charge in [-0.15, -0.1) is 0 Å². The van der Waals surface area contributed by atoms with Gasteiger partial charge in [-0.1, -0.05) is 18.2 Å². The van der Waals surface area contributed by atoms with E-state index < -0.39 is 0 Å². The van der Waals surface area contributed by atoms with Crippen LogP contribution in [0, 0.1) is 0 Å². The van der Waals surface area contributed by atoms with Gasteiger partial charge in [0.2, 0.25) is 5.88 Å². The number of hydrogen-bond donors (Lipinski definition) is 1. The van der Waals surface area contributed by atoms with Gasteiger partial charge in [-0.3, -0.25) is 14.5 Å². The van der Waals surface area contributed by atoms with E-state index >= 15 is 0 Å². The molecule has 2 aliphatic heterocycles. The Morgan fingerprint density at radius 2 is 1.93 bits per heavy atom. The Kier molecular flexibility index (Phi) is 5.99. The third-order valence-electron chi connectivity index (χ3n) is 5.69. The van der Waals surface area contributed by atoms with Crippen molar-refractivity contribution in [3.05, 3.63) is 59.8 Å². The number of nitrogens with zero attached hydrogens (tertiary/aromatic N) is 3. The third kappa shape index (κ3) is 4.46. The zero-order valence-electron chi connectivity index (χ0n) is 17.5. The summed E-state index contributed by atoms with van der Waals surface area (Å²) >= 11 is 0. The Hall–Kier alpha value is -2.93. The molecule has 4 rings (SSSR count). The van der Waals surface area contributed by atoms with Gasteiger partial charge < -0.3 is 15.0 Å². The van der Waals surface area contributed by atoms with Crippen molar-refractivity contribution in [1.82, 2.24) is 20.1 Å². The van der Waals surface area contributed by atoms with Crippen LogP contribution in [0.25, 0.3) is 0 Å². The maximum absolute atomic E-state index is 13.0. The van der Waals surface area contributed by atoms with Gasteiger partial charge in [0, 0.05) is 56.1 Å². The lowest BCUT2D eigenvalue weighted by molar-refractivity contribution is 0.0493. The SMILES string of the molecule is CC(C)Oc1ccc(C(=O)NC[C@H]2CN(C(=O)c3ccccc3)[C@H]3CCN2C3)cn1. The summed E-state index contributed by atoms with van der Waals surface area (Å²) in [6.45, 7) is 6.79. The van der Waals surface area contributed by atoms with E-state index in [0.29, 0.717) is 24.5 Å². The van der Waals surface area contributed by atoms with Crippen LogP contribution in [-0.2, 0) is 0 Å². The normalized spacial score (nSPS) is 22.8. The summed E-state index contributed by atoms with van der Waals surface area (Å²) < 4.78 is 5.52. The van der Waals surface area contributed by atoms with Crippen molar-refractivity contribution in [2.45, 2.75) is 38.5 Å². The van der Waals surface area contributed by atoms with E-state index in [9.17, 15) is 9.59 Å². The fourth-order valence-electron chi connectivity index (χ4n) is 4.17. The van der Waals surface area contributed by atoms with E-state index in [0.717, 1.165) is 25.1 Å². The molecule has 2 amide bonds. The zero-order chi connectivity index (χ0) is 21.1. The Bertz CT molecular complexity index is 885. The first-order valence-corrected chi connectivity index (χ1v) is 10.5. The first-order valence-electron chi connectivity index (χ1n) is 10.5. The number of nitrogens with one attached hydrogen (secondary N) is 1. The van der Waals surface area contributed by atoms with E-state index in [1.807, 2.05) is 49.1 Å². The predicted octanol–water partition coefficient (Wildman–Crippen LogP) is 2.20. The highest BCUT2D eigenvalue weighted by Gasteiger charge is 2.40. The molecule has 2 fully saturated rings. The average molecular weight is 409 g/mol. The molecule has 0 spiro atoms. The molecule has 2 saturated heterocycles. The largest absolute Gasteiger partial charge is 0.475 e. The summed E-state index contributed by atoms with van der Waals surface area (Å²) in [4.78, 5) is 34.1. The molecule has 7 nitrogen and oxygen atoms in total. The number of rotatable bonds is 6. The van der Waals surface area contributed by atoms with Gasteiger partial charge in [-0.2, -0.15) is 0 Å². The molecule has 0 aliphatic carbocycles. The smallest absolute Gasteiger partial charge is 0.254 e. The van der Waals surface area contributed by atoms with Crippen LogP contribution in [0.1, 0.15) is 41.0 Å². The second-order valence-corrected chi connectivity index (χ2v) is 8.18. The maximum Gasteiger partial charge on any atom is 0.254 e. The second kappa shape index (κ2) is 8.83. The quantitative estimate of drug-likeness (QED) is 0.793. The van der Waals surface area contributed by atoms with Gasteiger partial charge in [0.15, 0.2) is 0 Å². The lowest BCUT2D eigenvalue weighted by Crippen LogP contribution is -2.57. The molecule has 2 bridgehead atoms. The molecule has 1 aromatic heterocycles. The van der Waals surface area contributed by atoms with E-state index in [1.54, 1.807) is 12.1 Å². The van der Waals surface area contributed by atoms with Crippen molar-refractivity contribution in [2.24, 2.45) is 0 Å². The van der Waals surface area contributed by atoms with Gasteiger partial charge >= 0.3 is 0 Å². The molecule has 2 aromatic rings. The summed E-state index contributed by atoms with van der Waals surface area (Å²) in [6.07, 6.45) is 2.55. The minimum Gasteiger partial charge on any atom is -0.475 e. The summed E-state index contributed by atoms with van der Waals surface area (Å²) in [6, 6.07) is 13.2. The van der Waals surface area contributed by atoms with Crippen LogP contribution < -0.4 is 10.1 Å². The van der Waals surface area contributed by atoms with Crippen LogP contribution >= 0.6 is 0 Å². The lowest BCUT2D eigenvalue weighted by atomic mass is 10.1. The van der Waals surface area contributed by atoms with Gasteiger partial charge in [0.05, 0.1) is 11.7 Å². The molecule has 1 aromatic carbocycles. The number of amides is 2. The van der Waals surface area contributed by atoms with Crippen molar-refractivity contribution in [1.29, 1.82) is 0 Å². The van der Waals surface area contributed by atoms with Crippen molar-refractivity contribution >= 4 is 11.8 Å². The molecule has 7 heteroatoms. The van der Waals surface area contributed by atoms with Crippen LogP contribution in [0.15, 0.2) is 48.7 Å². The van der Waals surface area contributed by atoms with Crippen molar-refractivity contribution in [2.75, 3.05) is 26.2 Å². The number of aromatic nitrogens is 1. The Balaban J connectivity index is 1.37. The van der Waals surface area contributed by atoms with E-state index in [1.165, 1.54) is 6.20 Å². The number of benzene rings is 1. The van der Waals surface area contributed by atoms with Crippen LogP contribution in [-0.4, -0.2) is 71.0 Å². The monoisotopic (exact) mass is 408 g/mol. The maximum atomic E-state index is 13.0. The van der Waals surface area contributed by atoms with Crippen LogP contribution in [0.5, 0.6) is 5.88 Å². The molecule has 1 N–H and O–H groups in total. The summed E-state index contributed by atoms with van der Waals surface area (Å²) in [5.74, 6) is 0.413. The van der Waals surface area contributed by atoms with Crippen molar-refractivity contribution < 1.29 is 14.3 Å². The van der Waals surface area contributed by atoms with Gasteiger partial charge in [0.1, 0.15) is 0 Å². The number of ether oxygens (including phenoxy) is 1. The van der Waals surface area contributed by atoms with Gasteiger partial charge in [0.25, 0.3) is 11.8 Å². The molecule has 0 radical (unpaired) electrons. The molecular formula is C23H28N4O3. The topological polar surface area (TPSA) is 74.8 Å². The van der Waals surface area contributed by atoms with Crippen LogP contribution in [0.2, 0.25) is 0 Å². The molecule has 3 heterocycles. The molecule has 0 saturated carbocycles. The number of piperazine rings is 1. The first kappa shape index (κ1) is 20.3. The Labute approximate surface area is 177 Å². The lowest BCUT2D eigenvalue weighted by Gasteiger charge is -2.40. The van der Waals surface area contributed by atoms with E-state index in [2.05, 4.69) is 15.2 Å². The standard InChI is InChI=1S/C23H28N4O3/c1-16(2)30-21-9-8-18(12-24-21)22(28)25-13-20-15-27(19-10-11-26(20)14-19)23(29)17-6-4-3-5-7-17/h3-9,12,16,19-20H,10-11,13-15H2,1-2H3,(H,25,28)/t19-,20-/m0/s1. The molecular weight excluding hydrogens is 380 g/mol. The molecule has 3 atom stereocenters. The molecule has 1 unspecified atom stereocenters. The van der Waals surface area contributed by atoms with Crippen LogP contribution in [0.4, 0.5) is 0 Å². The van der Waals surface area contributed by atoms with E-state index in [4.69, 9.17) is 4.74 Å². The van der Waals surface area contributed by atoms with E-state index in [-0.39, 0.29) is 30.0 Å². The van der Waals surface area contributed by atoms with Crippen molar-refractivity contribution in [3.8, 4) is 5.88 Å². The minimum absolute atomic E-state index is 0.0364. The van der Waals surface area contributed by atoms with Gasteiger partial charge in [-0.05, 0) is 38.5 Å².